The van der Waals surface area contributed by atoms with E-state index >= 15 is 0 Å². The normalized spacial score (nSPS) is 9.90. The second kappa shape index (κ2) is 6.56. The first kappa shape index (κ1) is 13.9. The van der Waals surface area contributed by atoms with Crippen molar-refractivity contribution in [3.63, 3.8) is 0 Å². The molecule has 0 spiro atoms. The molecule has 0 saturated heterocycles. The number of carbonyl (C=O) groups excluding carboxylic acids is 1. The van der Waals surface area contributed by atoms with Crippen LogP contribution in [0.4, 0.5) is 11.5 Å². The Morgan fingerprint density at radius 1 is 1.25 bits per heavy atom. The highest BCUT2D eigenvalue weighted by Crippen LogP contribution is 2.21. The van der Waals surface area contributed by atoms with Gasteiger partial charge in [0.1, 0.15) is 17.1 Å². The van der Waals surface area contributed by atoms with Gasteiger partial charge < -0.3 is 14.8 Å². The lowest BCUT2D eigenvalue weighted by Gasteiger charge is -2.10. The van der Waals surface area contributed by atoms with Crippen LogP contribution in [0, 0.1) is 0 Å². The van der Waals surface area contributed by atoms with Crippen molar-refractivity contribution in [1.29, 1.82) is 0 Å². The molecule has 0 amide bonds. The van der Waals surface area contributed by atoms with Crippen LogP contribution in [0.5, 0.6) is 5.75 Å². The average Bonchev–Trinajstić information content (AvgIpc) is 2.49. The number of esters is 1. The molecule has 0 atom stereocenters. The molecule has 0 unspecified atom stereocenters. The van der Waals surface area contributed by atoms with Gasteiger partial charge in [0, 0.05) is 11.9 Å². The van der Waals surface area contributed by atoms with Crippen molar-refractivity contribution < 1.29 is 14.3 Å². The maximum absolute atomic E-state index is 11.8. The number of nitrogens with zero attached hydrogens (tertiary/aromatic N) is 1. The van der Waals surface area contributed by atoms with Crippen LogP contribution in [0.25, 0.3) is 0 Å². The number of rotatable bonds is 5. The molecule has 1 heterocycles. The minimum atomic E-state index is -0.392. The molecule has 5 nitrogen and oxygen atoms in total. The number of benzene rings is 1. The zero-order chi connectivity index (χ0) is 14.4. The van der Waals surface area contributed by atoms with Gasteiger partial charge in [-0.3, -0.25) is 0 Å². The van der Waals surface area contributed by atoms with Crippen molar-refractivity contribution in [3.05, 3.63) is 48.2 Å². The van der Waals surface area contributed by atoms with Crippen LogP contribution in [0.1, 0.15) is 17.3 Å². The summed E-state index contributed by atoms with van der Waals surface area (Å²) in [7, 11) is 1.61. The summed E-state index contributed by atoms with van der Waals surface area (Å²) in [5.41, 5.74) is 1.22. The van der Waals surface area contributed by atoms with E-state index in [1.165, 1.54) is 0 Å². The lowest BCUT2D eigenvalue weighted by atomic mass is 10.2. The maximum atomic E-state index is 11.8. The van der Waals surface area contributed by atoms with Gasteiger partial charge in [-0.25, -0.2) is 9.78 Å². The molecular weight excluding hydrogens is 256 g/mol. The number of ether oxygens (including phenoxy) is 2. The van der Waals surface area contributed by atoms with Crippen molar-refractivity contribution in [3.8, 4) is 5.75 Å². The average molecular weight is 272 g/mol. The minimum absolute atomic E-state index is 0.329. The Balaban J connectivity index is 2.21. The highest BCUT2D eigenvalue weighted by Gasteiger charge is 2.13. The van der Waals surface area contributed by atoms with Crippen LogP contribution in [0.3, 0.4) is 0 Å². The van der Waals surface area contributed by atoms with E-state index < -0.39 is 5.97 Å². The Kier molecular flexibility index (Phi) is 4.55. The zero-order valence-corrected chi connectivity index (χ0v) is 11.4. The van der Waals surface area contributed by atoms with Gasteiger partial charge in [0.25, 0.3) is 0 Å². The highest BCUT2D eigenvalue weighted by molar-refractivity contribution is 5.95. The summed E-state index contributed by atoms with van der Waals surface area (Å²) in [6.45, 7) is 2.10. The van der Waals surface area contributed by atoms with Crippen LogP contribution in [-0.4, -0.2) is 24.7 Å². The number of methoxy groups -OCH3 is 1. The predicted octanol–water partition coefficient (Wildman–Crippen LogP) is 3.01. The van der Waals surface area contributed by atoms with Crippen molar-refractivity contribution in [2.45, 2.75) is 6.92 Å². The molecular formula is C15H16N2O3. The Morgan fingerprint density at radius 3 is 2.65 bits per heavy atom. The number of nitrogens with one attached hydrogen (secondary N) is 1. The van der Waals surface area contributed by atoms with E-state index in [1.807, 2.05) is 24.3 Å². The number of hydrogen-bond acceptors (Lipinski definition) is 5. The zero-order valence-electron chi connectivity index (χ0n) is 11.4. The third-order valence-corrected chi connectivity index (χ3v) is 2.66. The first-order chi connectivity index (χ1) is 9.74. The fraction of sp³-hybridized carbons (Fsp3) is 0.200. The Hall–Kier alpha value is -2.56. The fourth-order valence-corrected chi connectivity index (χ4v) is 1.69. The van der Waals surface area contributed by atoms with Gasteiger partial charge >= 0.3 is 5.97 Å². The van der Waals surface area contributed by atoms with Gasteiger partial charge in [-0.05, 0) is 43.3 Å². The summed E-state index contributed by atoms with van der Waals surface area (Å²) >= 11 is 0. The van der Waals surface area contributed by atoms with Crippen LogP contribution in [0.2, 0.25) is 0 Å². The molecule has 0 aliphatic heterocycles. The Morgan fingerprint density at radius 2 is 2.00 bits per heavy atom. The first-order valence-electron chi connectivity index (χ1n) is 6.27. The molecule has 0 bridgehead atoms. The van der Waals surface area contributed by atoms with E-state index in [-0.39, 0.29) is 0 Å². The molecule has 104 valence electrons. The van der Waals surface area contributed by atoms with Crippen molar-refractivity contribution in [1.82, 2.24) is 4.98 Å². The summed E-state index contributed by atoms with van der Waals surface area (Å²) < 4.78 is 10.1. The molecule has 2 rings (SSSR count). The summed E-state index contributed by atoms with van der Waals surface area (Å²) in [4.78, 5) is 16.0. The van der Waals surface area contributed by atoms with Crippen LogP contribution in [0.15, 0.2) is 42.6 Å². The number of anilines is 2. The lowest BCUT2D eigenvalue weighted by molar-refractivity contribution is 0.0527. The SMILES string of the molecule is CCOC(=O)c1cccnc1Nc1ccc(OC)cc1. The van der Waals surface area contributed by atoms with Gasteiger partial charge in [-0.15, -0.1) is 0 Å². The molecule has 1 aromatic carbocycles. The van der Waals surface area contributed by atoms with E-state index in [4.69, 9.17) is 9.47 Å². The van der Waals surface area contributed by atoms with Crippen LogP contribution >= 0.6 is 0 Å². The topological polar surface area (TPSA) is 60.5 Å². The summed E-state index contributed by atoms with van der Waals surface area (Å²) in [6, 6.07) is 10.7. The molecule has 0 fully saturated rings. The van der Waals surface area contributed by atoms with E-state index in [0.29, 0.717) is 18.0 Å². The summed E-state index contributed by atoms with van der Waals surface area (Å²) in [6.07, 6.45) is 1.62. The molecule has 0 saturated carbocycles. The number of aromatic nitrogens is 1. The van der Waals surface area contributed by atoms with E-state index in [2.05, 4.69) is 10.3 Å². The van der Waals surface area contributed by atoms with Crippen LogP contribution in [-0.2, 0) is 4.74 Å². The van der Waals surface area contributed by atoms with Crippen molar-refractivity contribution >= 4 is 17.5 Å². The Labute approximate surface area is 117 Å². The number of hydrogen-bond donors (Lipinski definition) is 1. The van der Waals surface area contributed by atoms with Gasteiger partial charge in [-0.1, -0.05) is 0 Å². The Bertz CT molecular complexity index is 582. The molecule has 1 aromatic heterocycles. The second-order valence-electron chi connectivity index (χ2n) is 3.97. The second-order valence-corrected chi connectivity index (χ2v) is 3.97. The quantitative estimate of drug-likeness (QED) is 0.848. The van der Waals surface area contributed by atoms with E-state index in [9.17, 15) is 4.79 Å². The van der Waals surface area contributed by atoms with Crippen molar-refractivity contribution in [2.75, 3.05) is 19.0 Å². The monoisotopic (exact) mass is 272 g/mol. The molecule has 0 aliphatic carbocycles. The molecule has 0 aliphatic rings. The van der Waals surface area contributed by atoms with Crippen molar-refractivity contribution in [2.24, 2.45) is 0 Å². The van der Waals surface area contributed by atoms with Gasteiger partial charge in [0.15, 0.2) is 0 Å². The van der Waals surface area contributed by atoms with Gasteiger partial charge in [0.05, 0.1) is 13.7 Å². The lowest BCUT2D eigenvalue weighted by Crippen LogP contribution is -2.09. The van der Waals surface area contributed by atoms with Gasteiger partial charge in [0.2, 0.25) is 0 Å². The number of carbonyl (C=O) groups is 1. The molecule has 0 radical (unpaired) electrons. The minimum Gasteiger partial charge on any atom is -0.497 e. The van der Waals surface area contributed by atoms with Gasteiger partial charge in [-0.2, -0.15) is 0 Å². The summed E-state index contributed by atoms with van der Waals surface area (Å²) in [5, 5.41) is 3.10. The van der Waals surface area contributed by atoms with E-state index in [1.54, 1.807) is 32.4 Å². The third-order valence-electron chi connectivity index (χ3n) is 2.66. The fourth-order valence-electron chi connectivity index (χ4n) is 1.69. The van der Waals surface area contributed by atoms with E-state index in [0.717, 1.165) is 11.4 Å². The smallest absolute Gasteiger partial charge is 0.341 e. The molecule has 2 aromatic rings. The molecule has 1 N–H and O–H groups in total. The predicted molar refractivity (Wildman–Crippen MR) is 76.5 cm³/mol. The number of pyridine rings is 1. The maximum Gasteiger partial charge on any atom is 0.341 e. The first-order valence-corrected chi connectivity index (χ1v) is 6.27. The molecule has 20 heavy (non-hydrogen) atoms. The summed E-state index contributed by atoms with van der Waals surface area (Å²) in [5.74, 6) is 0.843. The van der Waals surface area contributed by atoms with Crippen LogP contribution < -0.4 is 10.1 Å². The molecule has 5 heteroatoms. The third kappa shape index (κ3) is 3.26. The largest absolute Gasteiger partial charge is 0.497 e. The standard InChI is InChI=1S/C15H16N2O3/c1-3-20-15(18)13-5-4-10-16-14(13)17-11-6-8-12(19-2)9-7-11/h4-10H,3H2,1-2H3,(H,16,17). The highest BCUT2D eigenvalue weighted by atomic mass is 16.5.